The number of nitrogens with zero attached hydrogens (tertiary/aromatic N) is 5. The van der Waals surface area contributed by atoms with Crippen molar-refractivity contribution < 1.29 is 26.7 Å². The van der Waals surface area contributed by atoms with Gasteiger partial charge in [-0.15, -0.1) is 0 Å². The lowest BCUT2D eigenvalue weighted by Crippen LogP contribution is -2.56. The minimum absolute atomic E-state index is 0.00981. The van der Waals surface area contributed by atoms with E-state index in [1.54, 1.807) is 4.90 Å². The molecule has 6 rings (SSSR count). The summed E-state index contributed by atoms with van der Waals surface area (Å²) in [4.78, 5) is 16.7. The van der Waals surface area contributed by atoms with E-state index in [0.29, 0.717) is 37.6 Å². The van der Waals surface area contributed by atoms with Crippen molar-refractivity contribution in [3.05, 3.63) is 35.0 Å². The van der Waals surface area contributed by atoms with Crippen LogP contribution in [0.25, 0.3) is 0 Å². The zero-order valence-corrected chi connectivity index (χ0v) is 24.1. The molecule has 10 nitrogen and oxygen atoms in total. The van der Waals surface area contributed by atoms with E-state index in [9.17, 15) is 27.3 Å². The van der Waals surface area contributed by atoms with Gasteiger partial charge in [0.2, 0.25) is 5.91 Å². The summed E-state index contributed by atoms with van der Waals surface area (Å²) in [7, 11) is -4.03. The SMILES string of the molecule is Cc1cc(N2C[C@H](S(=O)(=O)c3ccc(N4CC(F)(F)C4)cc3Cl)C[C@H]2C(=O)NC2(C#N)CC2)n(C2CCOCC2)n1. The molecular weight excluding hydrogens is 578 g/mol. The third-order valence-electron chi connectivity index (χ3n) is 8.43. The van der Waals surface area contributed by atoms with Gasteiger partial charge < -0.3 is 19.9 Å². The molecule has 1 aliphatic carbocycles. The zero-order chi connectivity index (χ0) is 29.2. The lowest BCUT2D eigenvalue weighted by Gasteiger charge is -2.40. The number of benzene rings is 1. The topological polar surface area (TPSA) is 121 Å². The molecule has 220 valence electrons. The van der Waals surface area contributed by atoms with E-state index < -0.39 is 51.6 Å². The summed E-state index contributed by atoms with van der Waals surface area (Å²) in [5, 5.41) is 16.1. The first kappa shape index (κ1) is 28.2. The standard InChI is InChI=1S/C27H31ClF2N6O4S/c1-17-10-24(36(33-17)18-4-8-40-9-5-18)35-13-20(12-22(35)25(37)32-26(14-31)6-7-26)41(38,39)23-3-2-19(11-21(23)28)34-15-27(29,30)16-34/h2-3,10-11,18,20,22H,4-9,12-13,15-16H2,1H3,(H,32,37)/t20-,22+/m1/s1. The number of ether oxygens (including phenoxy) is 1. The van der Waals surface area contributed by atoms with E-state index in [2.05, 4.69) is 11.4 Å². The largest absolute Gasteiger partial charge is 0.381 e. The molecule has 2 aromatic rings. The maximum Gasteiger partial charge on any atom is 0.282 e. The lowest BCUT2D eigenvalue weighted by molar-refractivity contribution is -0.122. The van der Waals surface area contributed by atoms with E-state index >= 15 is 0 Å². The van der Waals surface area contributed by atoms with E-state index in [1.807, 2.05) is 17.7 Å². The minimum atomic E-state index is -4.03. The summed E-state index contributed by atoms with van der Waals surface area (Å²) in [5.41, 5.74) is 0.249. The van der Waals surface area contributed by atoms with Crippen molar-refractivity contribution in [2.75, 3.05) is 42.6 Å². The molecule has 0 bridgehead atoms. The van der Waals surface area contributed by atoms with Crippen LogP contribution < -0.4 is 15.1 Å². The molecule has 1 amide bonds. The van der Waals surface area contributed by atoms with Crippen LogP contribution in [-0.4, -0.2) is 79.7 Å². The second-order valence-corrected chi connectivity index (χ2v) is 14.1. The van der Waals surface area contributed by atoms with Gasteiger partial charge in [-0.3, -0.25) is 4.79 Å². The number of hydrogen-bond donors (Lipinski definition) is 1. The molecule has 4 heterocycles. The highest BCUT2D eigenvalue weighted by Gasteiger charge is 2.50. The Labute approximate surface area is 242 Å². The number of aryl methyl sites for hydroxylation is 1. The normalized spacial score (nSPS) is 25.4. The Morgan fingerprint density at radius 3 is 2.54 bits per heavy atom. The number of carbonyl (C=O) groups is 1. The first-order valence-electron chi connectivity index (χ1n) is 13.7. The van der Waals surface area contributed by atoms with Gasteiger partial charge in [-0.2, -0.15) is 10.4 Å². The van der Waals surface area contributed by atoms with Crippen molar-refractivity contribution in [1.82, 2.24) is 15.1 Å². The average molecular weight is 609 g/mol. The highest BCUT2D eigenvalue weighted by Crippen LogP contribution is 2.40. The molecule has 1 saturated carbocycles. The molecule has 4 aliphatic rings. The second kappa shape index (κ2) is 10.1. The average Bonchev–Trinajstić information content (AvgIpc) is 3.36. The number of carbonyl (C=O) groups excluding carboxylic acids is 1. The van der Waals surface area contributed by atoms with Crippen molar-refractivity contribution in [3.63, 3.8) is 0 Å². The highest BCUT2D eigenvalue weighted by molar-refractivity contribution is 7.92. The van der Waals surface area contributed by atoms with Crippen LogP contribution in [0.2, 0.25) is 5.02 Å². The highest BCUT2D eigenvalue weighted by atomic mass is 35.5. The predicted molar refractivity (Wildman–Crippen MR) is 147 cm³/mol. The second-order valence-electron chi connectivity index (χ2n) is 11.5. The first-order valence-corrected chi connectivity index (χ1v) is 15.6. The number of halogens is 3. The first-order chi connectivity index (χ1) is 19.4. The Kier molecular flexibility index (Phi) is 6.94. The van der Waals surface area contributed by atoms with Crippen LogP contribution in [0.3, 0.4) is 0 Å². The fourth-order valence-electron chi connectivity index (χ4n) is 5.94. The summed E-state index contributed by atoms with van der Waals surface area (Å²) < 4.78 is 62.0. The summed E-state index contributed by atoms with van der Waals surface area (Å²) in [6.45, 7) is 2.13. The number of aromatic nitrogens is 2. The van der Waals surface area contributed by atoms with Gasteiger partial charge in [-0.25, -0.2) is 21.9 Å². The molecule has 41 heavy (non-hydrogen) atoms. The van der Waals surface area contributed by atoms with Gasteiger partial charge in [-0.05, 0) is 57.2 Å². The van der Waals surface area contributed by atoms with Crippen LogP contribution in [-0.2, 0) is 19.4 Å². The molecule has 14 heteroatoms. The summed E-state index contributed by atoms with van der Waals surface area (Å²) in [6.07, 6.45) is 2.57. The summed E-state index contributed by atoms with van der Waals surface area (Å²) >= 11 is 6.44. The molecule has 1 N–H and O–H groups in total. The van der Waals surface area contributed by atoms with Crippen molar-refractivity contribution in [3.8, 4) is 6.07 Å². The minimum Gasteiger partial charge on any atom is -0.381 e. The van der Waals surface area contributed by atoms with Crippen LogP contribution in [0.1, 0.15) is 43.8 Å². The van der Waals surface area contributed by atoms with E-state index in [4.69, 9.17) is 21.4 Å². The third-order valence-corrected chi connectivity index (χ3v) is 11.0. The Bertz CT molecular complexity index is 1510. The molecular formula is C27H31ClF2N6O4S. The van der Waals surface area contributed by atoms with E-state index in [0.717, 1.165) is 18.5 Å². The molecule has 1 aromatic carbocycles. The van der Waals surface area contributed by atoms with Gasteiger partial charge in [0.1, 0.15) is 17.4 Å². The Balaban J connectivity index is 1.31. The molecule has 0 unspecified atom stereocenters. The molecule has 2 atom stereocenters. The number of nitrogens with one attached hydrogen (secondary N) is 1. The number of amides is 1. The molecule has 4 fully saturated rings. The smallest absolute Gasteiger partial charge is 0.282 e. The van der Waals surface area contributed by atoms with Crippen LogP contribution in [0, 0.1) is 18.3 Å². The monoisotopic (exact) mass is 608 g/mol. The van der Waals surface area contributed by atoms with Crippen LogP contribution in [0.5, 0.6) is 0 Å². The Morgan fingerprint density at radius 1 is 1.22 bits per heavy atom. The third kappa shape index (κ3) is 5.26. The zero-order valence-electron chi connectivity index (χ0n) is 22.5. The van der Waals surface area contributed by atoms with Crippen LogP contribution in [0.4, 0.5) is 20.3 Å². The number of rotatable bonds is 7. The van der Waals surface area contributed by atoms with Crippen LogP contribution >= 0.6 is 11.6 Å². The van der Waals surface area contributed by atoms with Gasteiger partial charge in [0.25, 0.3) is 5.92 Å². The summed E-state index contributed by atoms with van der Waals surface area (Å²) in [6, 6.07) is 7.44. The fourth-order valence-corrected chi connectivity index (χ4v) is 8.18. The van der Waals surface area contributed by atoms with Gasteiger partial charge >= 0.3 is 0 Å². The van der Waals surface area contributed by atoms with Gasteiger partial charge in [0, 0.05) is 31.5 Å². The van der Waals surface area contributed by atoms with E-state index in [1.165, 1.54) is 23.1 Å². The van der Waals surface area contributed by atoms with Crippen LogP contribution in [0.15, 0.2) is 29.2 Å². The number of nitriles is 1. The Hall–Kier alpha value is -2.95. The number of hydrogen-bond acceptors (Lipinski definition) is 8. The van der Waals surface area contributed by atoms with Crippen molar-refractivity contribution in [1.29, 1.82) is 5.26 Å². The fraction of sp³-hybridized carbons (Fsp3) is 0.593. The molecule has 0 spiro atoms. The van der Waals surface area contributed by atoms with Crippen molar-refractivity contribution >= 4 is 38.9 Å². The van der Waals surface area contributed by atoms with Gasteiger partial charge in [-0.1, -0.05) is 11.6 Å². The quantitative estimate of drug-likeness (QED) is 0.509. The summed E-state index contributed by atoms with van der Waals surface area (Å²) in [5.74, 6) is -2.53. The molecule has 3 aliphatic heterocycles. The number of alkyl halides is 2. The lowest BCUT2D eigenvalue weighted by atomic mass is 10.1. The van der Waals surface area contributed by atoms with Crippen molar-refractivity contribution in [2.24, 2.45) is 0 Å². The maximum absolute atomic E-state index is 13.9. The molecule has 3 saturated heterocycles. The molecule has 1 aromatic heterocycles. The predicted octanol–water partition coefficient (Wildman–Crippen LogP) is 3.25. The Morgan fingerprint density at radius 2 is 1.93 bits per heavy atom. The number of anilines is 2. The van der Waals surface area contributed by atoms with Gasteiger partial charge in [0.05, 0.1) is 46.1 Å². The maximum atomic E-state index is 13.9. The molecule has 0 radical (unpaired) electrons. The van der Waals surface area contributed by atoms with E-state index in [-0.39, 0.29) is 28.9 Å². The van der Waals surface area contributed by atoms with Gasteiger partial charge in [0.15, 0.2) is 9.84 Å². The van der Waals surface area contributed by atoms with Crippen molar-refractivity contribution in [2.45, 2.75) is 72.7 Å². The number of sulfone groups is 1.